The van der Waals surface area contributed by atoms with E-state index in [0.717, 1.165) is 11.1 Å². The van der Waals surface area contributed by atoms with Crippen molar-refractivity contribution in [2.24, 2.45) is 0 Å². The van der Waals surface area contributed by atoms with E-state index in [1.54, 1.807) is 26.8 Å². The third kappa shape index (κ3) is 3.55. The lowest BCUT2D eigenvalue weighted by Gasteiger charge is -2.07. The second-order valence-corrected chi connectivity index (χ2v) is 5.21. The van der Waals surface area contributed by atoms with E-state index in [2.05, 4.69) is 5.32 Å². The van der Waals surface area contributed by atoms with Crippen LogP contribution in [0.4, 0.5) is 5.69 Å². The predicted octanol–water partition coefficient (Wildman–Crippen LogP) is 3.31. The first-order valence-corrected chi connectivity index (χ1v) is 6.98. The maximum Gasteiger partial charge on any atom is 0.342 e. The fourth-order valence-electron chi connectivity index (χ4n) is 2.22. The number of benzene rings is 1. The van der Waals surface area contributed by atoms with Crippen LogP contribution in [0.5, 0.6) is 0 Å². The molecular formula is C17H19NO4. The Morgan fingerprint density at radius 2 is 1.86 bits per heavy atom. The van der Waals surface area contributed by atoms with Crippen molar-refractivity contribution in [1.29, 1.82) is 0 Å². The molecule has 1 N–H and O–H groups in total. The van der Waals surface area contributed by atoms with Gasteiger partial charge in [-0.15, -0.1) is 0 Å². The molecule has 0 atom stereocenters. The van der Waals surface area contributed by atoms with Gasteiger partial charge in [0.25, 0.3) is 5.91 Å². The predicted molar refractivity (Wildman–Crippen MR) is 83.0 cm³/mol. The highest BCUT2D eigenvalue weighted by molar-refractivity contribution is 5.96. The number of nitrogens with one attached hydrogen (secondary N) is 1. The molecule has 0 bridgehead atoms. The van der Waals surface area contributed by atoms with Gasteiger partial charge < -0.3 is 14.5 Å². The third-order valence-electron chi connectivity index (χ3n) is 3.40. The van der Waals surface area contributed by atoms with E-state index in [9.17, 15) is 9.59 Å². The topological polar surface area (TPSA) is 68.5 Å². The second-order valence-electron chi connectivity index (χ2n) is 5.21. The fraction of sp³-hybridized carbons (Fsp3) is 0.294. The van der Waals surface area contributed by atoms with Gasteiger partial charge in [0, 0.05) is 11.3 Å². The number of hydrogen-bond acceptors (Lipinski definition) is 4. The largest absolute Gasteiger partial charge is 0.465 e. The number of ether oxygens (including phenoxy) is 1. The highest BCUT2D eigenvalue weighted by Crippen LogP contribution is 2.21. The Labute approximate surface area is 129 Å². The van der Waals surface area contributed by atoms with Crippen molar-refractivity contribution in [3.05, 3.63) is 52.5 Å². The molecule has 22 heavy (non-hydrogen) atoms. The van der Waals surface area contributed by atoms with Crippen molar-refractivity contribution in [2.75, 3.05) is 11.9 Å². The van der Waals surface area contributed by atoms with Crippen molar-refractivity contribution in [2.45, 2.75) is 27.7 Å². The number of furan rings is 1. The molecule has 0 fully saturated rings. The molecule has 0 radical (unpaired) electrons. The van der Waals surface area contributed by atoms with Crippen molar-refractivity contribution < 1.29 is 18.7 Å². The molecule has 0 aliphatic heterocycles. The Hall–Kier alpha value is -2.56. The highest BCUT2D eigenvalue weighted by atomic mass is 16.5. The SMILES string of the molecule is Cc1cccc(NC(=O)COC(=O)c2c(C)oc(C)c2C)c1. The molecule has 0 unspecified atom stereocenters. The molecule has 116 valence electrons. The molecule has 2 rings (SSSR count). The molecule has 0 saturated carbocycles. The second kappa shape index (κ2) is 6.47. The van der Waals surface area contributed by atoms with E-state index in [4.69, 9.17) is 9.15 Å². The lowest BCUT2D eigenvalue weighted by Crippen LogP contribution is -2.21. The Morgan fingerprint density at radius 3 is 2.45 bits per heavy atom. The minimum absolute atomic E-state index is 0.337. The number of aryl methyl sites for hydroxylation is 3. The summed E-state index contributed by atoms with van der Waals surface area (Å²) in [7, 11) is 0. The van der Waals surface area contributed by atoms with E-state index in [1.165, 1.54) is 0 Å². The van der Waals surface area contributed by atoms with Crippen LogP contribution in [-0.2, 0) is 9.53 Å². The Morgan fingerprint density at radius 1 is 1.14 bits per heavy atom. The van der Waals surface area contributed by atoms with Crippen LogP contribution in [0.2, 0.25) is 0 Å². The average Bonchev–Trinajstić information content (AvgIpc) is 2.70. The van der Waals surface area contributed by atoms with Gasteiger partial charge in [-0.3, -0.25) is 4.79 Å². The molecule has 5 nitrogen and oxygen atoms in total. The average molecular weight is 301 g/mol. The van der Waals surface area contributed by atoms with E-state index < -0.39 is 5.97 Å². The summed E-state index contributed by atoms with van der Waals surface area (Å²) in [5.41, 5.74) is 2.84. The Balaban J connectivity index is 1.95. The van der Waals surface area contributed by atoms with Crippen molar-refractivity contribution >= 4 is 17.6 Å². The van der Waals surface area contributed by atoms with Gasteiger partial charge in [0.15, 0.2) is 6.61 Å². The molecule has 1 aromatic heterocycles. The molecule has 1 aromatic carbocycles. The molecule has 2 aromatic rings. The first-order chi connectivity index (χ1) is 10.4. The van der Waals surface area contributed by atoms with Crippen LogP contribution in [0.1, 0.15) is 33.0 Å². The zero-order valence-corrected chi connectivity index (χ0v) is 13.1. The van der Waals surface area contributed by atoms with Crippen molar-refractivity contribution in [3.63, 3.8) is 0 Å². The molecule has 0 aliphatic carbocycles. The lowest BCUT2D eigenvalue weighted by atomic mass is 10.1. The standard InChI is InChI=1S/C17H19NO4/c1-10-6-5-7-14(8-10)18-15(19)9-21-17(20)16-11(2)12(3)22-13(16)4/h5-8H,9H2,1-4H3,(H,18,19). The van der Waals surface area contributed by atoms with E-state index in [0.29, 0.717) is 22.8 Å². The number of anilines is 1. The molecule has 0 spiro atoms. The zero-order valence-electron chi connectivity index (χ0n) is 13.1. The highest BCUT2D eigenvalue weighted by Gasteiger charge is 2.20. The molecule has 1 amide bonds. The minimum Gasteiger partial charge on any atom is -0.465 e. The van der Waals surface area contributed by atoms with E-state index >= 15 is 0 Å². The first-order valence-electron chi connectivity index (χ1n) is 6.98. The van der Waals surface area contributed by atoms with Gasteiger partial charge in [-0.1, -0.05) is 12.1 Å². The number of hydrogen-bond donors (Lipinski definition) is 1. The summed E-state index contributed by atoms with van der Waals surface area (Å²) in [6.45, 7) is 6.86. The molecule has 5 heteroatoms. The van der Waals surface area contributed by atoms with Crippen LogP contribution >= 0.6 is 0 Å². The maximum absolute atomic E-state index is 12.0. The molecule has 1 heterocycles. The van der Waals surface area contributed by atoms with Gasteiger partial charge in [-0.2, -0.15) is 0 Å². The van der Waals surface area contributed by atoms with E-state index in [-0.39, 0.29) is 12.5 Å². The monoisotopic (exact) mass is 301 g/mol. The molecule has 0 saturated heterocycles. The van der Waals surface area contributed by atoms with Crippen LogP contribution in [0.25, 0.3) is 0 Å². The number of carbonyl (C=O) groups excluding carboxylic acids is 2. The van der Waals surface area contributed by atoms with Crippen molar-refractivity contribution in [1.82, 2.24) is 0 Å². The first kappa shape index (κ1) is 15.8. The van der Waals surface area contributed by atoms with Crippen LogP contribution in [-0.4, -0.2) is 18.5 Å². The Bertz CT molecular complexity index is 715. The normalized spacial score (nSPS) is 10.4. The third-order valence-corrected chi connectivity index (χ3v) is 3.40. The Kier molecular flexibility index (Phi) is 4.65. The number of amides is 1. The summed E-state index contributed by atoms with van der Waals surface area (Å²) >= 11 is 0. The van der Waals surface area contributed by atoms with Gasteiger partial charge >= 0.3 is 5.97 Å². The van der Waals surface area contributed by atoms with Crippen LogP contribution in [0, 0.1) is 27.7 Å². The number of carbonyl (C=O) groups is 2. The van der Waals surface area contributed by atoms with Gasteiger partial charge in [-0.25, -0.2) is 4.79 Å². The summed E-state index contributed by atoms with van der Waals surface area (Å²) in [5, 5.41) is 2.68. The summed E-state index contributed by atoms with van der Waals surface area (Å²) in [6.07, 6.45) is 0. The van der Waals surface area contributed by atoms with E-state index in [1.807, 2.05) is 25.1 Å². The van der Waals surface area contributed by atoms with Gasteiger partial charge in [0.05, 0.1) is 0 Å². The van der Waals surface area contributed by atoms with Crippen LogP contribution < -0.4 is 5.32 Å². The lowest BCUT2D eigenvalue weighted by molar-refractivity contribution is -0.119. The minimum atomic E-state index is -0.550. The summed E-state index contributed by atoms with van der Waals surface area (Å²) in [6, 6.07) is 7.40. The quantitative estimate of drug-likeness (QED) is 0.880. The molecular weight excluding hydrogens is 282 g/mol. The fourth-order valence-corrected chi connectivity index (χ4v) is 2.22. The van der Waals surface area contributed by atoms with Gasteiger partial charge in [0.2, 0.25) is 0 Å². The van der Waals surface area contributed by atoms with Gasteiger partial charge in [0.1, 0.15) is 17.1 Å². The smallest absolute Gasteiger partial charge is 0.342 e. The number of esters is 1. The number of rotatable bonds is 4. The van der Waals surface area contributed by atoms with Crippen LogP contribution in [0.3, 0.4) is 0 Å². The summed E-state index contributed by atoms with van der Waals surface area (Å²) < 4.78 is 10.4. The maximum atomic E-state index is 12.0. The van der Waals surface area contributed by atoms with Crippen LogP contribution in [0.15, 0.2) is 28.7 Å². The van der Waals surface area contributed by atoms with Crippen molar-refractivity contribution in [3.8, 4) is 0 Å². The zero-order chi connectivity index (χ0) is 16.3. The summed E-state index contributed by atoms with van der Waals surface area (Å²) in [5.74, 6) is 0.244. The summed E-state index contributed by atoms with van der Waals surface area (Å²) in [4.78, 5) is 23.9. The molecule has 0 aliphatic rings. The van der Waals surface area contributed by atoms with Gasteiger partial charge in [-0.05, 0) is 45.4 Å².